The van der Waals surface area contributed by atoms with Gasteiger partial charge in [0.15, 0.2) is 16.6 Å². The minimum atomic E-state index is -4.47. The summed E-state index contributed by atoms with van der Waals surface area (Å²) >= 11 is 5.56. The third kappa shape index (κ3) is 2.63. The van der Waals surface area contributed by atoms with Gasteiger partial charge < -0.3 is 10.2 Å². The fourth-order valence-electron chi connectivity index (χ4n) is 5.89. The van der Waals surface area contributed by atoms with Gasteiger partial charge in [0.1, 0.15) is 5.82 Å². The number of likely N-dealkylation sites (N-methyl/N-ethyl adjacent to an activating group) is 1. The lowest BCUT2D eigenvalue weighted by atomic mass is 9.77. The molecule has 3 heterocycles. The van der Waals surface area contributed by atoms with E-state index in [1.54, 1.807) is 31.2 Å². The monoisotopic (exact) mass is 538 g/mol. The van der Waals surface area contributed by atoms with Gasteiger partial charge in [-0.25, -0.2) is 12.8 Å². The van der Waals surface area contributed by atoms with E-state index in [0.717, 1.165) is 15.9 Å². The van der Waals surface area contributed by atoms with E-state index in [4.69, 9.17) is 12.2 Å². The van der Waals surface area contributed by atoms with Crippen LogP contribution in [0.25, 0.3) is 0 Å². The highest BCUT2D eigenvalue weighted by molar-refractivity contribution is 7.93. The molecule has 3 aromatic rings. The highest BCUT2D eigenvalue weighted by Crippen LogP contribution is 2.60. The number of anilines is 2. The van der Waals surface area contributed by atoms with Crippen molar-refractivity contribution in [3.05, 3.63) is 99.4 Å². The predicted molar refractivity (Wildman–Crippen MR) is 137 cm³/mol. The number of para-hydroxylation sites is 1. The third-order valence-electron chi connectivity index (χ3n) is 7.50. The Bertz CT molecular complexity index is 1660. The molecular weight excluding hydrogens is 519 g/mol. The van der Waals surface area contributed by atoms with Crippen LogP contribution in [0, 0.1) is 22.9 Å². The van der Waals surface area contributed by atoms with Crippen LogP contribution in [-0.4, -0.2) is 37.3 Å². The summed E-state index contributed by atoms with van der Waals surface area (Å²) in [4.78, 5) is 27.1. The summed E-state index contributed by atoms with van der Waals surface area (Å²) in [5, 5.41) is 15.8. The molecule has 9 nitrogen and oxygen atoms in total. The maximum absolute atomic E-state index is 14.6. The summed E-state index contributed by atoms with van der Waals surface area (Å²) in [5.74, 6) is -1.36. The number of sulfonamides is 1. The standard InChI is InChI=1S/C25H19FN4O5S2/c1-14-7-10-16(11-8-14)37(34,35)29-20-6-4-3-5-17(20)25(30(32)33)21(29)24(27-22(25)36)18-13-15(26)9-12-19(18)28(2)23(24)31/h3-13,21H,1-2H3,(H,27,36)/t21-,24+,25+/m1/s1. The van der Waals surface area contributed by atoms with Crippen LogP contribution in [-0.2, 0) is 25.9 Å². The summed E-state index contributed by atoms with van der Waals surface area (Å²) in [6, 6.07) is 14.0. The van der Waals surface area contributed by atoms with Crippen LogP contribution in [0.5, 0.6) is 0 Å². The number of thiocarbonyl (C=S) groups is 1. The van der Waals surface area contributed by atoms with Crippen molar-refractivity contribution in [2.24, 2.45) is 0 Å². The SMILES string of the molecule is Cc1ccc(S(=O)(=O)N2c3ccccc3[C@@]3([N+](=O)[O-])C(=S)N[C@]4(C(=O)N(C)c5ccc(F)cc54)[C@@H]23)cc1. The first-order valence-electron chi connectivity index (χ1n) is 11.2. The van der Waals surface area contributed by atoms with Gasteiger partial charge in [-0.05, 0) is 49.4 Å². The largest absolute Gasteiger partial charge is 0.354 e. The second-order valence-electron chi connectivity index (χ2n) is 9.34. The summed E-state index contributed by atoms with van der Waals surface area (Å²) < 4.78 is 44.0. The molecule has 37 heavy (non-hydrogen) atoms. The van der Waals surface area contributed by atoms with Crippen LogP contribution in [0.1, 0.15) is 16.7 Å². The van der Waals surface area contributed by atoms with E-state index < -0.39 is 43.8 Å². The summed E-state index contributed by atoms with van der Waals surface area (Å²) in [7, 11) is -3.02. The number of hydrogen-bond donors (Lipinski definition) is 1. The van der Waals surface area contributed by atoms with Gasteiger partial charge in [0.25, 0.3) is 15.9 Å². The van der Waals surface area contributed by atoms with Gasteiger partial charge in [0.2, 0.25) is 0 Å². The van der Waals surface area contributed by atoms with Crippen molar-refractivity contribution in [3.8, 4) is 0 Å². The second-order valence-corrected chi connectivity index (χ2v) is 11.6. The molecule has 0 aliphatic carbocycles. The fourth-order valence-corrected chi connectivity index (χ4v) is 8.06. The molecule has 1 spiro atoms. The van der Waals surface area contributed by atoms with Gasteiger partial charge in [0, 0.05) is 23.2 Å². The Morgan fingerprint density at radius 3 is 2.41 bits per heavy atom. The van der Waals surface area contributed by atoms with Crippen LogP contribution in [0.3, 0.4) is 0 Å². The lowest BCUT2D eigenvalue weighted by molar-refractivity contribution is -0.555. The lowest BCUT2D eigenvalue weighted by Crippen LogP contribution is -2.62. The average molecular weight is 539 g/mol. The van der Waals surface area contributed by atoms with E-state index in [9.17, 15) is 27.7 Å². The molecule has 188 valence electrons. The number of fused-ring (bicyclic) bond motifs is 6. The molecule has 1 amide bonds. The highest BCUT2D eigenvalue weighted by Gasteiger charge is 2.81. The Morgan fingerprint density at radius 2 is 1.73 bits per heavy atom. The molecule has 6 rings (SSSR count). The van der Waals surface area contributed by atoms with E-state index in [1.807, 2.05) is 0 Å². The number of benzene rings is 3. The Kier molecular flexibility index (Phi) is 4.65. The normalized spacial score (nSPS) is 25.8. The Morgan fingerprint density at radius 1 is 1.05 bits per heavy atom. The van der Waals surface area contributed by atoms with Crippen LogP contribution in [0.4, 0.5) is 15.8 Å². The second kappa shape index (κ2) is 7.33. The van der Waals surface area contributed by atoms with Crippen molar-refractivity contribution in [2.45, 2.75) is 28.9 Å². The van der Waals surface area contributed by atoms with Crippen molar-refractivity contribution >= 4 is 44.5 Å². The topological polar surface area (TPSA) is 113 Å². The van der Waals surface area contributed by atoms with E-state index in [-0.39, 0.29) is 26.7 Å². The maximum Gasteiger partial charge on any atom is 0.322 e. The summed E-state index contributed by atoms with van der Waals surface area (Å²) in [5.41, 5.74) is -3.08. The third-order valence-corrected chi connectivity index (χ3v) is 9.71. The molecule has 3 aliphatic rings. The molecule has 3 aliphatic heterocycles. The molecule has 0 saturated carbocycles. The Labute approximate surface area is 216 Å². The van der Waals surface area contributed by atoms with Gasteiger partial charge in [-0.15, -0.1) is 0 Å². The van der Waals surface area contributed by atoms with Gasteiger partial charge in [-0.1, -0.05) is 42.0 Å². The maximum atomic E-state index is 14.6. The summed E-state index contributed by atoms with van der Waals surface area (Å²) in [6.07, 6.45) is 0. The van der Waals surface area contributed by atoms with Crippen LogP contribution < -0.4 is 14.5 Å². The van der Waals surface area contributed by atoms with Crippen molar-refractivity contribution < 1.29 is 22.5 Å². The minimum Gasteiger partial charge on any atom is -0.354 e. The number of aryl methyl sites for hydroxylation is 1. The lowest BCUT2D eigenvalue weighted by Gasteiger charge is -2.36. The zero-order valence-electron chi connectivity index (χ0n) is 19.5. The average Bonchev–Trinajstić information content (AvgIpc) is 3.40. The minimum absolute atomic E-state index is 0.0355. The number of halogens is 1. The summed E-state index contributed by atoms with van der Waals surface area (Å²) in [6.45, 7) is 1.80. The number of rotatable bonds is 3. The number of nitro groups is 1. The molecule has 0 bridgehead atoms. The van der Waals surface area contributed by atoms with E-state index in [2.05, 4.69) is 5.32 Å². The molecule has 12 heteroatoms. The zero-order chi connectivity index (χ0) is 26.5. The molecular formula is C25H19FN4O5S2. The number of carbonyl (C=O) groups excluding carboxylic acids is 1. The molecule has 0 unspecified atom stereocenters. The van der Waals surface area contributed by atoms with Crippen LogP contribution in [0.2, 0.25) is 0 Å². The first-order chi connectivity index (χ1) is 17.5. The number of hydrogen-bond acceptors (Lipinski definition) is 6. The first-order valence-corrected chi connectivity index (χ1v) is 13.1. The molecule has 3 aromatic carbocycles. The van der Waals surface area contributed by atoms with Gasteiger partial charge in [-0.3, -0.25) is 19.2 Å². The van der Waals surface area contributed by atoms with Crippen LogP contribution in [0.15, 0.2) is 71.6 Å². The van der Waals surface area contributed by atoms with E-state index in [1.165, 1.54) is 48.3 Å². The first kappa shape index (κ1) is 23.5. The van der Waals surface area contributed by atoms with Gasteiger partial charge in [-0.2, -0.15) is 0 Å². The van der Waals surface area contributed by atoms with Gasteiger partial charge in [0.05, 0.1) is 16.1 Å². The Balaban J connectivity index is 1.74. The van der Waals surface area contributed by atoms with Crippen LogP contribution >= 0.6 is 12.2 Å². The molecule has 0 aromatic heterocycles. The fraction of sp³-hybridized carbons (Fsp3) is 0.200. The predicted octanol–water partition coefficient (Wildman–Crippen LogP) is 2.99. The number of nitrogens with one attached hydrogen (secondary N) is 1. The van der Waals surface area contributed by atoms with Crippen molar-refractivity contribution in [1.82, 2.24) is 5.32 Å². The molecule has 1 fully saturated rings. The number of nitrogens with zero attached hydrogens (tertiary/aromatic N) is 3. The highest BCUT2D eigenvalue weighted by atomic mass is 32.2. The number of amides is 1. The molecule has 0 radical (unpaired) electrons. The van der Waals surface area contributed by atoms with Crippen molar-refractivity contribution in [1.29, 1.82) is 0 Å². The van der Waals surface area contributed by atoms with Gasteiger partial charge >= 0.3 is 5.54 Å². The van der Waals surface area contributed by atoms with E-state index in [0.29, 0.717) is 5.69 Å². The zero-order valence-corrected chi connectivity index (χ0v) is 21.1. The van der Waals surface area contributed by atoms with Crippen molar-refractivity contribution in [2.75, 3.05) is 16.3 Å². The molecule has 3 atom stereocenters. The number of carbonyl (C=O) groups is 1. The van der Waals surface area contributed by atoms with Crippen molar-refractivity contribution in [3.63, 3.8) is 0 Å². The molecule has 1 N–H and O–H groups in total. The quantitative estimate of drug-likeness (QED) is 0.310. The van der Waals surface area contributed by atoms with E-state index >= 15 is 0 Å². The molecule has 1 saturated heterocycles. The Hall–Kier alpha value is -3.90. The smallest absolute Gasteiger partial charge is 0.322 e.